The van der Waals surface area contributed by atoms with Crippen molar-refractivity contribution in [1.82, 2.24) is 0 Å². The first-order valence-electron chi connectivity index (χ1n) is 18.0. The molecule has 4 aromatic rings. The molecule has 6 nitrogen and oxygen atoms in total. The van der Waals surface area contributed by atoms with Crippen molar-refractivity contribution in [2.75, 3.05) is 13.2 Å². The predicted molar refractivity (Wildman–Crippen MR) is 189 cm³/mol. The summed E-state index contributed by atoms with van der Waals surface area (Å²) >= 11 is 0. The molecule has 0 radical (unpaired) electrons. The molecule has 1 saturated carbocycles. The van der Waals surface area contributed by atoms with E-state index in [1.54, 1.807) is 0 Å². The van der Waals surface area contributed by atoms with Crippen molar-refractivity contribution in [3.05, 3.63) is 154 Å². The standard InChI is InChI=1S/C43H48O6/c1-4-14-32(15-5-1)26-45-40-39-31-44-29-37-22-12-10-20-35(37)24-25-36-21-11-13-23-38(36)30-47-41(40)42(46-27-33-16-6-2-7-17-33)43(49-39)48-28-34-18-8-3-9-19-34/h1-2,4-7,10-17,20-23,34,39-40,43H,3,8-9,18-19,24-31H2/t39?,40-,43-/m1/s1. The van der Waals surface area contributed by atoms with Crippen molar-refractivity contribution in [3.63, 3.8) is 0 Å². The Morgan fingerprint density at radius 2 is 1.18 bits per heavy atom. The third-order valence-corrected chi connectivity index (χ3v) is 9.89. The van der Waals surface area contributed by atoms with Crippen LogP contribution in [0.1, 0.15) is 65.5 Å². The molecule has 1 unspecified atom stereocenters. The molecule has 7 rings (SSSR count). The summed E-state index contributed by atoms with van der Waals surface area (Å²) in [5.74, 6) is 1.66. The lowest BCUT2D eigenvalue weighted by molar-refractivity contribution is -0.235. The minimum atomic E-state index is -0.749. The Morgan fingerprint density at radius 3 is 1.86 bits per heavy atom. The molecule has 256 valence electrons. The molecule has 2 bridgehead atoms. The molecule has 3 aliphatic rings. The van der Waals surface area contributed by atoms with Crippen LogP contribution in [0.4, 0.5) is 0 Å². The normalized spacial score (nSPS) is 21.9. The van der Waals surface area contributed by atoms with Crippen LogP contribution in [0.25, 0.3) is 0 Å². The second-order valence-electron chi connectivity index (χ2n) is 13.4. The Hall–Kier alpha value is -3.94. The summed E-state index contributed by atoms with van der Waals surface area (Å²) in [6.07, 6.45) is 6.14. The van der Waals surface area contributed by atoms with Crippen LogP contribution in [0, 0.1) is 5.92 Å². The van der Waals surface area contributed by atoms with Gasteiger partial charge >= 0.3 is 0 Å². The highest BCUT2D eigenvalue weighted by atomic mass is 16.7. The first kappa shape index (κ1) is 33.6. The maximum Gasteiger partial charge on any atom is 0.220 e. The molecular formula is C43H48O6. The average molecular weight is 661 g/mol. The van der Waals surface area contributed by atoms with Gasteiger partial charge in [-0.1, -0.05) is 128 Å². The fourth-order valence-corrected chi connectivity index (χ4v) is 7.10. The molecule has 1 aliphatic carbocycles. The molecular weight excluding hydrogens is 612 g/mol. The van der Waals surface area contributed by atoms with Crippen LogP contribution < -0.4 is 0 Å². The van der Waals surface area contributed by atoms with Crippen molar-refractivity contribution in [2.45, 2.75) is 89.9 Å². The number of fused-ring (bicyclic) bond motifs is 4. The molecule has 0 N–H and O–H groups in total. The molecule has 2 heterocycles. The summed E-state index contributed by atoms with van der Waals surface area (Å²) in [7, 11) is 0. The Morgan fingerprint density at radius 1 is 0.592 bits per heavy atom. The smallest absolute Gasteiger partial charge is 0.220 e. The first-order chi connectivity index (χ1) is 24.3. The highest BCUT2D eigenvalue weighted by Gasteiger charge is 2.43. The van der Waals surface area contributed by atoms with E-state index in [2.05, 4.69) is 72.8 Å². The Kier molecular flexibility index (Phi) is 11.7. The van der Waals surface area contributed by atoms with Crippen LogP contribution in [-0.4, -0.2) is 31.7 Å². The van der Waals surface area contributed by atoms with Crippen molar-refractivity contribution in [1.29, 1.82) is 0 Å². The van der Waals surface area contributed by atoms with Gasteiger partial charge in [0, 0.05) is 0 Å². The van der Waals surface area contributed by atoms with E-state index < -0.39 is 18.5 Å². The van der Waals surface area contributed by atoms with Gasteiger partial charge in [-0.05, 0) is 65.0 Å². The molecule has 3 atom stereocenters. The fourth-order valence-electron chi connectivity index (χ4n) is 7.10. The van der Waals surface area contributed by atoms with Gasteiger partial charge in [0.1, 0.15) is 25.4 Å². The topological polar surface area (TPSA) is 55.4 Å². The summed E-state index contributed by atoms with van der Waals surface area (Å²) in [6, 6.07) is 37.5. The van der Waals surface area contributed by atoms with E-state index in [4.69, 9.17) is 28.4 Å². The van der Waals surface area contributed by atoms with Gasteiger partial charge in [0.15, 0.2) is 11.5 Å². The van der Waals surface area contributed by atoms with Crippen molar-refractivity contribution >= 4 is 0 Å². The number of rotatable bonds is 9. The summed E-state index contributed by atoms with van der Waals surface area (Å²) in [5, 5.41) is 0. The zero-order valence-corrected chi connectivity index (χ0v) is 28.3. The van der Waals surface area contributed by atoms with Gasteiger partial charge in [0.25, 0.3) is 0 Å². The Bertz CT molecular complexity index is 1630. The van der Waals surface area contributed by atoms with Gasteiger partial charge < -0.3 is 28.4 Å². The molecule has 1 fully saturated rings. The predicted octanol–water partition coefficient (Wildman–Crippen LogP) is 8.85. The van der Waals surface area contributed by atoms with E-state index in [-0.39, 0.29) is 0 Å². The van der Waals surface area contributed by atoms with E-state index in [1.807, 2.05) is 36.4 Å². The van der Waals surface area contributed by atoms with Crippen LogP contribution in [-0.2, 0) is 67.7 Å². The highest BCUT2D eigenvalue weighted by Crippen LogP contribution is 2.35. The van der Waals surface area contributed by atoms with Gasteiger partial charge in [0.2, 0.25) is 6.29 Å². The molecule has 0 aromatic heterocycles. The number of hydrogen-bond acceptors (Lipinski definition) is 6. The summed E-state index contributed by atoms with van der Waals surface area (Å²) in [6.45, 7) is 2.52. The third kappa shape index (κ3) is 9.00. The second kappa shape index (κ2) is 17.1. The van der Waals surface area contributed by atoms with E-state index in [0.29, 0.717) is 57.1 Å². The maximum absolute atomic E-state index is 6.89. The monoisotopic (exact) mass is 660 g/mol. The molecule has 6 heteroatoms. The molecule has 4 aromatic carbocycles. The van der Waals surface area contributed by atoms with E-state index in [0.717, 1.165) is 29.5 Å². The fraction of sp³-hybridized carbons (Fsp3) is 0.395. The largest absolute Gasteiger partial charge is 0.487 e. The van der Waals surface area contributed by atoms with Crippen molar-refractivity contribution in [3.8, 4) is 0 Å². The summed E-state index contributed by atoms with van der Waals surface area (Å²) < 4.78 is 40.3. The molecule has 0 saturated heterocycles. The van der Waals surface area contributed by atoms with Gasteiger partial charge in [-0.15, -0.1) is 0 Å². The van der Waals surface area contributed by atoms with Crippen molar-refractivity contribution < 1.29 is 28.4 Å². The first-order valence-corrected chi connectivity index (χ1v) is 18.0. The zero-order chi connectivity index (χ0) is 33.1. The summed E-state index contributed by atoms with van der Waals surface area (Å²) in [5.41, 5.74) is 7.02. The highest BCUT2D eigenvalue weighted by molar-refractivity contribution is 5.32. The quantitative estimate of drug-likeness (QED) is 0.179. The average Bonchev–Trinajstić information content (AvgIpc) is 3.16. The molecule has 49 heavy (non-hydrogen) atoms. The second-order valence-corrected chi connectivity index (χ2v) is 13.4. The maximum atomic E-state index is 6.89. The van der Waals surface area contributed by atoms with E-state index in [1.165, 1.54) is 48.8 Å². The number of aryl methyl sites for hydroxylation is 2. The van der Waals surface area contributed by atoms with Gasteiger partial charge in [0.05, 0.1) is 26.4 Å². The van der Waals surface area contributed by atoms with Gasteiger partial charge in [-0.2, -0.15) is 0 Å². The Balaban J connectivity index is 1.27. The lowest BCUT2D eigenvalue weighted by Crippen LogP contribution is -2.47. The Labute approximate surface area is 291 Å². The zero-order valence-electron chi connectivity index (χ0n) is 28.3. The van der Waals surface area contributed by atoms with E-state index in [9.17, 15) is 0 Å². The van der Waals surface area contributed by atoms with Crippen LogP contribution in [0.15, 0.2) is 121 Å². The lowest BCUT2D eigenvalue weighted by Gasteiger charge is -2.39. The molecule has 0 amide bonds. The number of ether oxygens (including phenoxy) is 6. The van der Waals surface area contributed by atoms with Crippen molar-refractivity contribution in [2.24, 2.45) is 5.92 Å². The van der Waals surface area contributed by atoms with Gasteiger partial charge in [-0.3, -0.25) is 0 Å². The summed E-state index contributed by atoms with van der Waals surface area (Å²) in [4.78, 5) is 0. The van der Waals surface area contributed by atoms with Crippen LogP contribution in [0.3, 0.4) is 0 Å². The number of hydrogen-bond donors (Lipinski definition) is 0. The molecule has 2 aliphatic heterocycles. The third-order valence-electron chi connectivity index (χ3n) is 9.89. The SMILES string of the molecule is c1ccc(COC2=C3OCc4ccccc4CCc4ccccc4COCC(O[C@H]2OCC2CCCCC2)[C@H]3OCc2ccccc2)cc1. The van der Waals surface area contributed by atoms with Crippen LogP contribution in [0.2, 0.25) is 0 Å². The molecule has 0 spiro atoms. The minimum absolute atomic E-state index is 0.312. The minimum Gasteiger partial charge on any atom is -0.487 e. The van der Waals surface area contributed by atoms with Crippen LogP contribution in [0.5, 0.6) is 0 Å². The lowest BCUT2D eigenvalue weighted by atomic mass is 9.90. The number of benzene rings is 4. The van der Waals surface area contributed by atoms with Crippen LogP contribution >= 0.6 is 0 Å². The van der Waals surface area contributed by atoms with E-state index >= 15 is 0 Å². The van der Waals surface area contributed by atoms with Gasteiger partial charge in [-0.25, -0.2) is 0 Å².